The SMILES string of the molecule is Cc1cccc(OCC(O)CNC(C)(C)C(C)(C)O)c1. The third-order valence-electron chi connectivity index (χ3n) is 3.74. The second kappa shape index (κ2) is 6.57. The van der Waals surface area contributed by atoms with Crippen LogP contribution in [0, 0.1) is 6.92 Å². The van der Waals surface area contributed by atoms with E-state index in [0.29, 0.717) is 6.54 Å². The lowest BCUT2D eigenvalue weighted by Gasteiger charge is -2.38. The van der Waals surface area contributed by atoms with Crippen LogP contribution in [0.1, 0.15) is 33.3 Å². The minimum Gasteiger partial charge on any atom is -0.491 e. The second-order valence-electron chi connectivity index (χ2n) is 6.35. The molecule has 4 heteroatoms. The van der Waals surface area contributed by atoms with E-state index in [-0.39, 0.29) is 6.61 Å². The molecular formula is C16H27NO3. The number of rotatable bonds is 7. The van der Waals surface area contributed by atoms with Crippen molar-refractivity contribution in [3.63, 3.8) is 0 Å². The minimum absolute atomic E-state index is 0.221. The Labute approximate surface area is 121 Å². The van der Waals surface area contributed by atoms with Gasteiger partial charge in [0.25, 0.3) is 0 Å². The van der Waals surface area contributed by atoms with Crippen molar-refractivity contribution in [2.75, 3.05) is 13.2 Å². The molecule has 0 spiro atoms. The monoisotopic (exact) mass is 281 g/mol. The van der Waals surface area contributed by atoms with Gasteiger partial charge in [-0.3, -0.25) is 0 Å². The van der Waals surface area contributed by atoms with Crippen LogP contribution in [0.2, 0.25) is 0 Å². The van der Waals surface area contributed by atoms with E-state index < -0.39 is 17.2 Å². The first kappa shape index (κ1) is 17.0. The predicted molar refractivity (Wildman–Crippen MR) is 81.1 cm³/mol. The molecule has 0 aliphatic carbocycles. The van der Waals surface area contributed by atoms with Gasteiger partial charge >= 0.3 is 0 Å². The summed E-state index contributed by atoms with van der Waals surface area (Å²) in [6.45, 7) is 9.88. The lowest BCUT2D eigenvalue weighted by molar-refractivity contribution is -0.0120. The lowest BCUT2D eigenvalue weighted by atomic mass is 9.86. The highest BCUT2D eigenvalue weighted by atomic mass is 16.5. The molecule has 1 unspecified atom stereocenters. The molecule has 0 aliphatic rings. The molecule has 0 bridgehead atoms. The number of nitrogens with one attached hydrogen (secondary N) is 1. The molecule has 1 aromatic rings. The lowest BCUT2D eigenvalue weighted by Crippen LogP contribution is -2.57. The fraction of sp³-hybridized carbons (Fsp3) is 0.625. The van der Waals surface area contributed by atoms with Crippen LogP contribution < -0.4 is 10.1 Å². The van der Waals surface area contributed by atoms with E-state index in [2.05, 4.69) is 5.32 Å². The van der Waals surface area contributed by atoms with Gasteiger partial charge in [0.2, 0.25) is 0 Å². The van der Waals surface area contributed by atoms with Crippen molar-refractivity contribution in [1.82, 2.24) is 5.32 Å². The summed E-state index contributed by atoms with van der Waals surface area (Å²) in [4.78, 5) is 0. The average molecular weight is 281 g/mol. The van der Waals surface area contributed by atoms with Crippen molar-refractivity contribution in [2.45, 2.75) is 51.9 Å². The van der Waals surface area contributed by atoms with E-state index in [1.165, 1.54) is 0 Å². The quantitative estimate of drug-likeness (QED) is 0.714. The molecule has 1 rings (SSSR count). The molecule has 0 fully saturated rings. The van der Waals surface area contributed by atoms with Crippen molar-refractivity contribution < 1.29 is 14.9 Å². The van der Waals surface area contributed by atoms with Gasteiger partial charge in [0.05, 0.1) is 5.60 Å². The Balaban J connectivity index is 2.39. The van der Waals surface area contributed by atoms with Crippen molar-refractivity contribution >= 4 is 0 Å². The summed E-state index contributed by atoms with van der Waals surface area (Å²) in [5.74, 6) is 0.755. The molecule has 114 valence electrons. The van der Waals surface area contributed by atoms with Gasteiger partial charge in [-0.2, -0.15) is 0 Å². The highest BCUT2D eigenvalue weighted by Gasteiger charge is 2.34. The maximum atomic E-state index is 10.0. The summed E-state index contributed by atoms with van der Waals surface area (Å²) < 4.78 is 5.55. The highest BCUT2D eigenvalue weighted by Crippen LogP contribution is 2.20. The number of benzene rings is 1. The Morgan fingerprint density at radius 2 is 1.90 bits per heavy atom. The first-order valence-electron chi connectivity index (χ1n) is 6.97. The van der Waals surface area contributed by atoms with Crippen LogP contribution in [0.5, 0.6) is 5.75 Å². The molecule has 0 saturated heterocycles. The Morgan fingerprint density at radius 1 is 1.25 bits per heavy atom. The van der Waals surface area contributed by atoms with Gasteiger partial charge in [-0.25, -0.2) is 0 Å². The number of hydrogen-bond donors (Lipinski definition) is 3. The van der Waals surface area contributed by atoms with E-state index in [4.69, 9.17) is 4.74 Å². The molecule has 0 aliphatic heterocycles. The van der Waals surface area contributed by atoms with E-state index in [1.54, 1.807) is 13.8 Å². The van der Waals surface area contributed by atoms with Crippen LogP contribution in [0.25, 0.3) is 0 Å². The van der Waals surface area contributed by atoms with E-state index >= 15 is 0 Å². The van der Waals surface area contributed by atoms with Crippen molar-refractivity contribution in [3.8, 4) is 5.75 Å². The largest absolute Gasteiger partial charge is 0.491 e. The molecule has 20 heavy (non-hydrogen) atoms. The standard InChI is InChI=1S/C16H27NO3/c1-12-7-6-8-14(9-12)20-11-13(18)10-17-15(2,3)16(4,5)19/h6-9,13,17-19H,10-11H2,1-5H3. The minimum atomic E-state index is -0.871. The summed E-state index contributed by atoms with van der Waals surface area (Å²) in [5.41, 5.74) is -0.236. The van der Waals surface area contributed by atoms with Crippen molar-refractivity contribution in [2.24, 2.45) is 0 Å². The van der Waals surface area contributed by atoms with E-state index in [1.807, 2.05) is 45.0 Å². The number of aliphatic hydroxyl groups is 2. The normalized spacial score (nSPS) is 14.2. The first-order valence-corrected chi connectivity index (χ1v) is 6.97. The van der Waals surface area contributed by atoms with Crippen molar-refractivity contribution in [3.05, 3.63) is 29.8 Å². The zero-order valence-electron chi connectivity index (χ0n) is 13.1. The Hall–Kier alpha value is -1.10. The topological polar surface area (TPSA) is 61.7 Å². The average Bonchev–Trinajstić information content (AvgIpc) is 2.33. The maximum absolute atomic E-state index is 10.0. The van der Waals surface area contributed by atoms with Crippen LogP contribution in [0.15, 0.2) is 24.3 Å². The van der Waals surface area contributed by atoms with Gasteiger partial charge in [0, 0.05) is 12.1 Å². The van der Waals surface area contributed by atoms with Crippen molar-refractivity contribution in [1.29, 1.82) is 0 Å². The summed E-state index contributed by atoms with van der Waals surface area (Å²) in [6.07, 6.45) is -0.628. The fourth-order valence-corrected chi connectivity index (χ4v) is 1.55. The number of aryl methyl sites for hydroxylation is 1. The molecule has 0 saturated carbocycles. The van der Waals surface area contributed by atoms with Gasteiger partial charge in [0.15, 0.2) is 0 Å². The first-order chi connectivity index (χ1) is 9.12. The Morgan fingerprint density at radius 3 is 2.45 bits per heavy atom. The predicted octanol–water partition coefficient (Wildman–Crippen LogP) is 1.87. The van der Waals surface area contributed by atoms with Crippen LogP contribution >= 0.6 is 0 Å². The van der Waals surface area contributed by atoms with Crippen LogP contribution in [0.3, 0.4) is 0 Å². The Kier molecular flexibility index (Phi) is 5.57. The van der Waals surface area contributed by atoms with E-state index in [9.17, 15) is 10.2 Å². The summed E-state index contributed by atoms with van der Waals surface area (Å²) in [6, 6.07) is 7.72. The van der Waals surface area contributed by atoms with Gasteiger partial charge in [0.1, 0.15) is 18.5 Å². The zero-order chi connectivity index (χ0) is 15.4. The van der Waals surface area contributed by atoms with E-state index in [0.717, 1.165) is 11.3 Å². The van der Waals surface area contributed by atoms with Crippen LogP contribution in [-0.2, 0) is 0 Å². The molecule has 1 atom stereocenters. The number of aliphatic hydroxyl groups excluding tert-OH is 1. The third kappa shape index (κ3) is 5.12. The van der Waals surface area contributed by atoms with Gasteiger partial charge in [-0.1, -0.05) is 12.1 Å². The van der Waals surface area contributed by atoms with Crippen LogP contribution in [0.4, 0.5) is 0 Å². The molecule has 3 N–H and O–H groups in total. The fourth-order valence-electron chi connectivity index (χ4n) is 1.55. The number of hydrogen-bond acceptors (Lipinski definition) is 4. The summed E-state index contributed by atoms with van der Waals surface area (Å²) in [7, 11) is 0. The Bertz CT molecular complexity index is 424. The number of β-amino-alcohol motifs (C(OH)–C–C–N with tert-alkyl or cyclic N) is 1. The second-order valence-corrected chi connectivity index (χ2v) is 6.35. The van der Waals surface area contributed by atoms with Gasteiger partial charge < -0.3 is 20.3 Å². The summed E-state index contributed by atoms with van der Waals surface area (Å²) >= 11 is 0. The molecule has 0 radical (unpaired) electrons. The summed E-state index contributed by atoms with van der Waals surface area (Å²) in [5, 5.41) is 23.1. The molecular weight excluding hydrogens is 254 g/mol. The van der Waals surface area contributed by atoms with Crippen LogP contribution in [-0.4, -0.2) is 40.6 Å². The van der Waals surface area contributed by atoms with Gasteiger partial charge in [-0.05, 0) is 52.3 Å². The maximum Gasteiger partial charge on any atom is 0.119 e. The smallest absolute Gasteiger partial charge is 0.119 e. The van der Waals surface area contributed by atoms with Gasteiger partial charge in [-0.15, -0.1) is 0 Å². The molecule has 4 nitrogen and oxygen atoms in total. The molecule has 0 heterocycles. The third-order valence-corrected chi connectivity index (χ3v) is 3.74. The molecule has 0 aromatic heterocycles. The molecule has 0 amide bonds. The highest BCUT2D eigenvalue weighted by molar-refractivity contribution is 5.27. The zero-order valence-corrected chi connectivity index (χ0v) is 13.1. The number of ether oxygens (including phenoxy) is 1. The molecule has 1 aromatic carbocycles.